The van der Waals surface area contributed by atoms with Crippen molar-refractivity contribution in [1.29, 1.82) is 0 Å². The average molecular weight is 320 g/mol. The van der Waals surface area contributed by atoms with Gasteiger partial charge in [-0.15, -0.1) is 12.4 Å². The fourth-order valence-corrected chi connectivity index (χ4v) is 3.85. The van der Waals surface area contributed by atoms with Crippen LogP contribution in [0.1, 0.15) is 18.5 Å². The van der Waals surface area contributed by atoms with Gasteiger partial charge in [-0.25, -0.2) is 4.98 Å². The Kier molecular flexibility index (Phi) is 4.52. The zero-order valence-electron chi connectivity index (χ0n) is 12.5. The monoisotopic (exact) mass is 319 g/mol. The molecule has 0 spiro atoms. The minimum absolute atomic E-state index is 0. The maximum Gasteiger partial charge on any atom is 0.226 e. The van der Waals surface area contributed by atoms with Gasteiger partial charge in [0, 0.05) is 31.2 Å². The Hall–Kier alpha value is -1.36. The topological polar surface area (TPSA) is 55.3 Å². The Morgan fingerprint density at radius 1 is 1.18 bits per heavy atom. The molecule has 2 heterocycles. The predicted octanol–water partition coefficient (Wildman–Crippen LogP) is 2.93. The maximum absolute atomic E-state index is 6.19. The van der Waals surface area contributed by atoms with Crippen LogP contribution in [0.4, 0.5) is 0 Å². The van der Waals surface area contributed by atoms with Crippen LogP contribution in [0.3, 0.4) is 0 Å². The Morgan fingerprint density at radius 3 is 2.77 bits per heavy atom. The van der Waals surface area contributed by atoms with Gasteiger partial charge >= 0.3 is 0 Å². The van der Waals surface area contributed by atoms with E-state index in [2.05, 4.69) is 9.88 Å². The second-order valence-electron chi connectivity index (χ2n) is 6.37. The Balaban J connectivity index is 0.00000144. The quantitative estimate of drug-likeness (QED) is 0.945. The van der Waals surface area contributed by atoms with Crippen LogP contribution >= 0.6 is 12.4 Å². The SMILES string of the molecule is Cl.NC1CCC2CN(Cc3coc(-c4ccccc4)n3)CC12. The van der Waals surface area contributed by atoms with Crippen molar-refractivity contribution in [2.45, 2.75) is 25.4 Å². The van der Waals surface area contributed by atoms with Crippen LogP contribution in [-0.4, -0.2) is 29.0 Å². The van der Waals surface area contributed by atoms with Crippen molar-refractivity contribution >= 4 is 12.4 Å². The van der Waals surface area contributed by atoms with Gasteiger partial charge in [-0.3, -0.25) is 4.90 Å². The lowest BCUT2D eigenvalue weighted by molar-refractivity contribution is 0.294. The lowest BCUT2D eigenvalue weighted by atomic mass is 9.98. The van der Waals surface area contributed by atoms with Gasteiger partial charge < -0.3 is 10.2 Å². The highest BCUT2D eigenvalue weighted by Gasteiger charge is 2.40. The zero-order chi connectivity index (χ0) is 14.2. The van der Waals surface area contributed by atoms with Crippen LogP contribution < -0.4 is 5.73 Å². The lowest BCUT2D eigenvalue weighted by Crippen LogP contribution is -2.30. The molecule has 1 aromatic heterocycles. The number of aromatic nitrogens is 1. The molecular formula is C17H22ClN3O. The number of nitrogens with two attached hydrogens (primary N) is 1. The van der Waals surface area contributed by atoms with E-state index in [4.69, 9.17) is 10.2 Å². The van der Waals surface area contributed by atoms with Crippen molar-refractivity contribution < 1.29 is 4.42 Å². The first-order valence-corrected chi connectivity index (χ1v) is 7.77. The van der Waals surface area contributed by atoms with E-state index in [1.807, 2.05) is 30.3 Å². The molecule has 2 fully saturated rings. The van der Waals surface area contributed by atoms with Crippen molar-refractivity contribution in [2.24, 2.45) is 17.6 Å². The number of fused-ring (bicyclic) bond motifs is 1. The fraction of sp³-hybridized carbons (Fsp3) is 0.471. The number of halogens is 1. The second-order valence-corrected chi connectivity index (χ2v) is 6.37. The molecule has 1 saturated heterocycles. The third kappa shape index (κ3) is 2.91. The fourth-order valence-electron chi connectivity index (χ4n) is 3.85. The molecule has 3 unspecified atom stereocenters. The highest BCUT2D eigenvalue weighted by atomic mass is 35.5. The summed E-state index contributed by atoms with van der Waals surface area (Å²) in [4.78, 5) is 7.09. The molecule has 0 radical (unpaired) electrons. The molecular weight excluding hydrogens is 298 g/mol. The van der Waals surface area contributed by atoms with E-state index >= 15 is 0 Å². The lowest BCUT2D eigenvalue weighted by Gasteiger charge is -2.16. The number of nitrogens with zero attached hydrogens (tertiary/aromatic N) is 2. The van der Waals surface area contributed by atoms with Gasteiger partial charge in [0.05, 0.1) is 5.69 Å². The third-order valence-corrected chi connectivity index (χ3v) is 4.95. The summed E-state index contributed by atoms with van der Waals surface area (Å²) in [6, 6.07) is 10.4. The molecule has 4 nitrogen and oxygen atoms in total. The summed E-state index contributed by atoms with van der Waals surface area (Å²) in [5.41, 5.74) is 8.24. The van der Waals surface area contributed by atoms with Crippen LogP contribution in [0.2, 0.25) is 0 Å². The van der Waals surface area contributed by atoms with E-state index in [9.17, 15) is 0 Å². The predicted molar refractivity (Wildman–Crippen MR) is 88.7 cm³/mol. The highest BCUT2D eigenvalue weighted by molar-refractivity contribution is 5.85. The smallest absolute Gasteiger partial charge is 0.226 e. The van der Waals surface area contributed by atoms with Crippen molar-refractivity contribution in [2.75, 3.05) is 13.1 Å². The van der Waals surface area contributed by atoms with E-state index in [1.165, 1.54) is 12.8 Å². The van der Waals surface area contributed by atoms with Crippen LogP contribution in [-0.2, 0) is 6.54 Å². The van der Waals surface area contributed by atoms with Crippen molar-refractivity contribution in [3.63, 3.8) is 0 Å². The molecule has 0 bridgehead atoms. The van der Waals surface area contributed by atoms with Crippen LogP contribution in [0, 0.1) is 11.8 Å². The van der Waals surface area contributed by atoms with Gasteiger partial charge in [0.15, 0.2) is 0 Å². The van der Waals surface area contributed by atoms with Crippen molar-refractivity contribution in [3.8, 4) is 11.5 Å². The van der Waals surface area contributed by atoms with Gasteiger partial charge in [0.1, 0.15) is 6.26 Å². The Morgan fingerprint density at radius 2 is 2.00 bits per heavy atom. The maximum atomic E-state index is 6.19. The molecule has 1 aromatic carbocycles. The number of rotatable bonds is 3. The van der Waals surface area contributed by atoms with Gasteiger partial charge in [-0.2, -0.15) is 0 Å². The van der Waals surface area contributed by atoms with Gasteiger partial charge in [0.25, 0.3) is 0 Å². The summed E-state index contributed by atoms with van der Waals surface area (Å²) in [7, 11) is 0. The van der Waals surface area contributed by atoms with Crippen molar-refractivity contribution in [3.05, 3.63) is 42.3 Å². The minimum Gasteiger partial charge on any atom is -0.444 e. The number of likely N-dealkylation sites (tertiary alicyclic amines) is 1. The summed E-state index contributed by atoms with van der Waals surface area (Å²) in [6.07, 6.45) is 4.28. The minimum atomic E-state index is 0. The summed E-state index contributed by atoms with van der Waals surface area (Å²) >= 11 is 0. The number of hydrogen-bond acceptors (Lipinski definition) is 4. The number of hydrogen-bond donors (Lipinski definition) is 1. The molecule has 1 aliphatic heterocycles. The van der Waals surface area contributed by atoms with E-state index in [0.717, 1.165) is 36.8 Å². The van der Waals surface area contributed by atoms with Crippen LogP contribution in [0.5, 0.6) is 0 Å². The van der Waals surface area contributed by atoms with E-state index < -0.39 is 0 Å². The van der Waals surface area contributed by atoms with Crippen molar-refractivity contribution in [1.82, 2.24) is 9.88 Å². The largest absolute Gasteiger partial charge is 0.444 e. The number of benzene rings is 1. The first-order chi connectivity index (χ1) is 10.3. The molecule has 1 aliphatic carbocycles. The highest BCUT2D eigenvalue weighted by Crippen LogP contribution is 2.37. The first kappa shape index (κ1) is 15.5. The molecule has 2 N–H and O–H groups in total. The van der Waals surface area contributed by atoms with Crippen LogP contribution in [0.15, 0.2) is 41.0 Å². The van der Waals surface area contributed by atoms with E-state index in [0.29, 0.717) is 17.9 Å². The molecule has 118 valence electrons. The second kappa shape index (κ2) is 6.41. The zero-order valence-corrected chi connectivity index (χ0v) is 13.3. The summed E-state index contributed by atoms with van der Waals surface area (Å²) in [5.74, 6) is 2.19. The number of oxazole rings is 1. The van der Waals surface area contributed by atoms with Gasteiger partial charge in [0.2, 0.25) is 5.89 Å². The summed E-state index contributed by atoms with van der Waals surface area (Å²) in [6.45, 7) is 3.14. The van der Waals surface area contributed by atoms with Crippen LogP contribution in [0.25, 0.3) is 11.5 Å². The molecule has 0 amide bonds. The molecule has 22 heavy (non-hydrogen) atoms. The molecule has 5 heteroatoms. The van der Waals surface area contributed by atoms with E-state index in [1.54, 1.807) is 6.26 Å². The standard InChI is InChI=1S/C17H21N3O.ClH/c18-16-7-6-13-8-20(10-15(13)16)9-14-11-21-17(19-14)12-4-2-1-3-5-12;/h1-5,11,13,15-16H,6-10,18H2;1H. The molecule has 3 atom stereocenters. The summed E-state index contributed by atoms with van der Waals surface area (Å²) in [5, 5.41) is 0. The summed E-state index contributed by atoms with van der Waals surface area (Å²) < 4.78 is 5.61. The molecule has 4 rings (SSSR count). The molecule has 1 saturated carbocycles. The Bertz CT molecular complexity index is 615. The average Bonchev–Trinajstić information content (AvgIpc) is 3.19. The molecule has 2 aliphatic rings. The van der Waals surface area contributed by atoms with Gasteiger partial charge in [-0.05, 0) is 36.8 Å². The molecule has 2 aromatic rings. The third-order valence-electron chi connectivity index (χ3n) is 4.95. The Labute approximate surface area is 137 Å². The van der Waals surface area contributed by atoms with Gasteiger partial charge in [-0.1, -0.05) is 18.2 Å². The van der Waals surface area contributed by atoms with E-state index in [-0.39, 0.29) is 12.4 Å². The normalized spacial score (nSPS) is 27.6. The first-order valence-electron chi connectivity index (χ1n) is 7.77.